The van der Waals surface area contributed by atoms with Crippen molar-refractivity contribution >= 4 is 29.2 Å². The summed E-state index contributed by atoms with van der Waals surface area (Å²) in [5, 5.41) is 13.7. The van der Waals surface area contributed by atoms with Gasteiger partial charge in [0.15, 0.2) is 5.41 Å². The second kappa shape index (κ2) is 6.82. The first kappa shape index (κ1) is 19.4. The Morgan fingerprint density at radius 2 is 2.07 bits per heavy atom. The van der Waals surface area contributed by atoms with Crippen LogP contribution in [0.4, 0.5) is 16.2 Å². The summed E-state index contributed by atoms with van der Waals surface area (Å²) in [6.07, 6.45) is 2.17. The van der Waals surface area contributed by atoms with Gasteiger partial charge in [-0.25, -0.2) is 4.79 Å². The van der Waals surface area contributed by atoms with Gasteiger partial charge in [-0.2, -0.15) is 0 Å². The summed E-state index contributed by atoms with van der Waals surface area (Å²) in [5.41, 5.74) is -0.107. The summed E-state index contributed by atoms with van der Waals surface area (Å²) in [7, 11) is 0. The number of barbiturate groups is 1. The lowest BCUT2D eigenvalue weighted by Gasteiger charge is -2.54. The molecule has 9 heteroatoms. The molecule has 1 N–H and O–H groups in total. The van der Waals surface area contributed by atoms with Crippen LogP contribution in [0, 0.1) is 21.4 Å². The number of urea groups is 1. The Bertz CT molecular complexity index is 916. The van der Waals surface area contributed by atoms with Crippen LogP contribution >= 0.6 is 0 Å². The fourth-order valence-corrected chi connectivity index (χ4v) is 5.01. The maximum Gasteiger partial charge on any atom is 0.330 e. The standard InChI is InChI=1S/C20H24N4O5/c1-3-7-23-18(26)20(17(25)21-19(23)27)11-13-10-14(24(28)29)4-5-15(13)22-8-6-12(2)9-16(20)22/h4-5,10,12,16H,3,6-9,11H2,1-2H3,(H,21,25,27)/t12-,16-,20-/m1/s1. The zero-order valence-electron chi connectivity index (χ0n) is 16.5. The van der Waals surface area contributed by atoms with Gasteiger partial charge >= 0.3 is 6.03 Å². The number of imide groups is 2. The van der Waals surface area contributed by atoms with E-state index in [0.717, 1.165) is 17.0 Å². The Kier molecular flexibility index (Phi) is 4.55. The largest absolute Gasteiger partial charge is 0.367 e. The number of nitrogens with one attached hydrogen (secondary N) is 1. The maximum absolute atomic E-state index is 13.6. The molecule has 0 unspecified atom stereocenters. The molecule has 4 amide bonds. The number of anilines is 1. The van der Waals surface area contributed by atoms with Gasteiger partial charge in [-0.15, -0.1) is 0 Å². The fraction of sp³-hybridized carbons (Fsp3) is 0.550. The molecule has 4 rings (SSSR count). The van der Waals surface area contributed by atoms with Gasteiger partial charge in [0.1, 0.15) is 0 Å². The van der Waals surface area contributed by atoms with Crippen LogP contribution in [0.2, 0.25) is 0 Å². The van der Waals surface area contributed by atoms with E-state index in [1.54, 1.807) is 6.07 Å². The smallest absolute Gasteiger partial charge is 0.330 e. The first-order valence-corrected chi connectivity index (χ1v) is 10.0. The summed E-state index contributed by atoms with van der Waals surface area (Å²) < 4.78 is 0. The van der Waals surface area contributed by atoms with Crippen molar-refractivity contribution in [2.24, 2.45) is 11.3 Å². The molecule has 0 aromatic heterocycles. The summed E-state index contributed by atoms with van der Waals surface area (Å²) >= 11 is 0. The average molecular weight is 400 g/mol. The third-order valence-corrected chi connectivity index (χ3v) is 6.43. The number of benzene rings is 1. The minimum Gasteiger partial charge on any atom is -0.367 e. The number of amides is 4. The molecule has 0 bridgehead atoms. The van der Waals surface area contributed by atoms with Crippen LogP contribution in [-0.4, -0.2) is 46.8 Å². The molecule has 0 radical (unpaired) electrons. The van der Waals surface area contributed by atoms with Crippen molar-refractivity contribution in [1.82, 2.24) is 10.2 Å². The van der Waals surface area contributed by atoms with Crippen molar-refractivity contribution < 1.29 is 19.3 Å². The topological polar surface area (TPSA) is 113 Å². The van der Waals surface area contributed by atoms with E-state index in [0.29, 0.717) is 30.9 Å². The van der Waals surface area contributed by atoms with E-state index in [1.165, 1.54) is 12.1 Å². The predicted octanol–water partition coefficient (Wildman–Crippen LogP) is 2.23. The second-order valence-electron chi connectivity index (χ2n) is 8.27. The zero-order chi connectivity index (χ0) is 20.9. The molecular formula is C20H24N4O5. The fourth-order valence-electron chi connectivity index (χ4n) is 5.01. The Hall–Kier alpha value is -2.97. The van der Waals surface area contributed by atoms with E-state index in [-0.39, 0.29) is 24.7 Å². The van der Waals surface area contributed by atoms with Crippen LogP contribution in [0.25, 0.3) is 0 Å². The number of nitro benzene ring substituents is 1. The molecule has 3 atom stereocenters. The minimum absolute atomic E-state index is 0.0516. The summed E-state index contributed by atoms with van der Waals surface area (Å²) in [6.45, 7) is 4.83. The lowest BCUT2D eigenvalue weighted by molar-refractivity contribution is -0.384. The monoisotopic (exact) mass is 400 g/mol. The Balaban J connectivity index is 1.88. The molecule has 154 valence electrons. The van der Waals surface area contributed by atoms with Crippen LogP contribution < -0.4 is 10.2 Å². The molecule has 0 aliphatic carbocycles. The molecule has 3 aliphatic rings. The van der Waals surface area contributed by atoms with Crippen molar-refractivity contribution in [3.8, 4) is 0 Å². The highest BCUT2D eigenvalue weighted by Gasteiger charge is 2.62. The van der Waals surface area contributed by atoms with Crippen molar-refractivity contribution in [3.05, 3.63) is 33.9 Å². The van der Waals surface area contributed by atoms with Gasteiger partial charge in [-0.05, 0) is 36.8 Å². The lowest BCUT2D eigenvalue weighted by Crippen LogP contribution is -2.73. The van der Waals surface area contributed by atoms with Crippen molar-refractivity contribution in [1.29, 1.82) is 0 Å². The number of non-ortho nitro benzene ring substituents is 1. The summed E-state index contributed by atoms with van der Waals surface area (Å²) in [4.78, 5) is 53.1. The first-order chi connectivity index (χ1) is 13.8. The number of nitro groups is 1. The number of rotatable bonds is 3. The number of carbonyl (C=O) groups is 3. The van der Waals surface area contributed by atoms with Crippen LogP contribution in [0.5, 0.6) is 0 Å². The molecule has 3 aliphatic heterocycles. The molecule has 2 fully saturated rings. The highest BCUT2D eigenvalue weighted by atomic mass is 16.6. The Morgan fingerprint density at radius 1 is 1.31 bits per heavy atom. The zero-order valence-corrected chi connectivity index (χ0v) is 16.5. The number of hydrogen-bond acceptors (Lipinski definition) is 6. The molecule has 1 spiro atoms. The van der Waals surface area contributed by atoms with Crippen LogP contribution in [0.15, 0.2) is 18.2 Å². The number of fused-ring (bicyclic) bond motifs is 4. The third-order valence-electron chi connectivity index (χ3n) is 6.43. The van der Waals surface area contributed by atoms with E-state index in [2.05, 4.69) is 12.2 Å². The molecule has 1 aromatic rings. The highest BCUT2D eigenvalue weighted by Crippen LogP contribution is 2.49. The minimum atomic E-state index is -1.46. The molecule has 3 heterocycles. The van der Waals surface area contributed by atoms with Crippen molar-refractivity contribution in [2.75, 3.05) is 18.0 Å². The van der Waals surface area contributed by atoms with Crippen LogP contribution in [0.3, 0.4) is 0 Å². The quantitative estimate of drug-likeness (QED) is 0.473. The molecule has 0 saturated carbocycles. The Morgan fingerprint density at radius 3 is 2.76 bits per heavy atom. The molecular weight excluding hydrogens is 376 g/mol. The average Bonchev–Trinajstić information content (AvgIpc) is 2.68. The van der Waals surface area contributed by atoms with E-state index in [1.807, 2.05) is 11.8 Å². The highest BCUT2D eigenvalue weighted by molar-refractivity contribution is 6.20. The number of nitrogens with zero attached hydrogens (tertiary/aromatic N) is 3. The van der Waals surface area contributed by atoms with Crippen molar-refractivity contribution in [2.45, 2.75) is 45.6 Å². The van der Waals surface area contributed by atoms with Gasteiger partial charge in [-0.3, -0.25) is 29.9 Å². The van der Waals surface area contributed by atoms with E-state index in [4.69, 9.17) is 0 Å². The van der Waals surface area contributed by atoms with Gasteiger partial charge in [0.2, 0.25) is 11.8 Å². The molecule has 29 heavy (non-hydrogen) atoms. The van der Waals surface area contributed by atoms with Gasteiger partial charge in [-0.1, -0.05) is 13.8 Å². The van der Waals surface area contributed by atoms with Gasteiger partial charge in [0.25, 0.3) is 5.69 Å². The van der Waals surface area contributed by atoms with Crippen LogP contribution in [0.1, 0.15) is 38.7 Å². The van der Waals surface area contributed by atoms with Gasteiger partial charge in [0, 0.05) is 37.3 Å². The molecule has 2 saturated heterocycles. The van der Waals surface area contributed by atoms with Crippen LogP contribution in [-0.2, 0) is 16.0 Å². The normalized spacial score (nSPS) is 28.8. The SMILES string of the molecule is CCCN1C(=O)NC(=O)[C@]2(Cc3cc([N+](=O)[O-])ccc3N3CC[C@@H](C)C[C@@H]32)C1=O. The third kappa shape index (κ3) is 2.79. The summed E-state index contributed by atoms with van der Waals surface area (Å²) in [6, 6.07) is 3.55. The molecule has 9 nitrogen and oxygen atoms in total. The number of hydrogen-bond donors (Lipinski definition) is 1. The second-order valence-corrected chi connectivity index (χ2v) is 8.27. The van der Waals surface area contributed by atoms with Gasteiger partial charge in [0.05, 0.1) is 11.0 Å². The van der Waals surface area contributed by atoms with E-state index in [9.17, 15) is 24.5 Å². The van der Waals surface area contributed by atoms with Gasteiger partial charge < -0.3 is 4.90 Å². The first-order valence-electron chi connectivity index (χ1n) is 10.0. The van der Waals surface area contributed by atoms with E-state index < -0.39 is 28.2 Å². The number of piperidine rings is 1. The predicted molar refractivity (Wildman–Crippen MR) is 104 cm³/mol. The Labute approximate surface area is 168 Å². The molecule has 1 aromatic carbocycles. The lowest BCUT2D eigenvalue weighted by atomic mass is 9.65. The number of carbonyl (C=O) groups excluding carboxylic acids is 3. The van der Waals surface area contributed by atoms with Crippen molar-refractivity contribution in [3.63, 3.8) is 0 Å². The van der Waals surface area contributed by atoms with E-state index >= 15 is 0 Å². The maximum atomic E-state index is 13.6. The summed E-state index contributed by atoms with van der Waals surface area (Å²) in [5.74, 6) is -0.763.